The van der Waals surface area contributed by atoms with Crippen LogP contribution in [-0.4, -0.2) is 15.2 Å². The number of aromatic amines is 1. The molecule has 0 saturated heterocycles. The number of fused-ring (bicyclic) bond motifs is 1. The highest BCUT2D eigenvalue weighted by Gasteiger charge is 2.12. The molecular weight excluding hydrogens is 282 g/mol. The number of thiocarbonyl (C=S) groups is 1. The summed E-state index contributed by atoms with van der Waals surface area (Å²) in [7, 11) is 0. The van der Waals surface area contributed by atoms with Gasteiger partial charge in [0.25, 0.3) is 5.91 Å². The highest BCUT2D eigenvalue weighted by Crippen LogP contribution is 2.10. The molecule has 0 radical (unpaired) electrons. The van der Waals surface area contributed by atoms with Gasteiger partial charge in [0, 0.05) is 17.1 Å². The summed E-state index contributed by atoms with van der Waals surface area (Å²) in [6.45, 7) is 1.88. The van der Waals surface area contributed by atoms with Gasteiger partial charge in [-0.1, -0.05) is 23.8 Å². The van der Waals surface area contributed by atoms with Crippen molar-refractivity contribution in [3.05, 3.63) is 45.7 Å². The number of hydrogen-bond acceptors (Lipinski definition) is 3. The van der Waals surface area contributed by atoms with Crippen molar-refractivity contribution in [3.63, 3.8) is 0 Å². The third kappa shape index (κ3) is 2.94. The molecule has 0 saturated carbocycles. The Bertz CT molecular complexity index is 724. The fraction of sp³-hybridized carbons (Fsp3) is 0.0833. The summed E-state index contributed by atoms with van der Waals surface area (Å²) in [6, 6.07) is 5.43. The van der Waals surface area contributed by atoms with Gasteiger partial charge in [0.1, 0.15) is 9.88 Å². The van der Waals surface area contributed by atoms with Gasteiger partial charge in [-0.3, -0.25) is 20.4 Å². The van der Waals surface area contributed by atoms with E-state index in [4.69, 9.17) is 0 Å². The van der Waals surface area contributed by atoms with E-state index in [0.717, 1.165) is 5.56 Å². The number of nitrogens with one attached hydrogen (secondary N) is 3. The van der Waals surface area contributed by atoms with Crippen LogP contribution in [0.1, 0.15) is 15.9 Å². The monoisotopic (exact) mass is 293 g/mol. The minimum atomic E-state index is -0.568. The third-order valence-electron chi connectivity index (χ3n) is 2.56. The van der Waals surface area contributed by atoms with E-state index in [9.17, 15) is 9.59 Å². The first kappa shape index (κ1) is 13.6. The van der Waals surface area contributed by atoms with E-state index in [1.54, 1.807) is 12.1 Å². The van der Waals surface area contributed by atoms with E-state index < -0.39 is 5.91 Å². The van der Waals surface area contributed by atoms with Crippen LogP contribution < -0.4 is 16.3 Å². The second-order valence-corrected chi connectivity index (χ2v) is 5.12. The molecule has 5 nitrogen and oxygen atoms in total. The average molecular weight is 293 g/mol. The van der Waals surface area contributed by atoms with E-state index in [2.05, 4.69) is 40.7 Å². The first-order valence-electron chi connectivity index (χ1n) is 5.40. The summed E-state index contributed by atoms with van der Waals surface area (Å²) in [6.07, 6.45) is 1.37. The number of H-pyrrole nitrogens is 1. The molecule has 0 bridgehead atoms. The molecule has 0 atom stereocenters. The Hall–Kier alpha value is -1.86. The number of pyridine rings is 1. The zero-order chi connectivity index (χ0) is 14.0. The summed E-state index contributed by atoms with van der Waals surface area (Å²) < 4.78 is 0.112. The maximum Gasteiger partial charge on any atom is 0.275 e. The number of rotatable bonds is 1. The Kier molecular flexibility index (Phi) is 3.87. The Balaban J connectivity index is 2.45. The van der Waals surface area contributed by atoms with Crippen LogP contribution in [0.2, 0.25) is 0 Å². The van der Waals surface area contributed by atoms with E-state index in [0.29, 0.717) is 10.9 Å². The van der Waals surface area contributed by atoms with Crippen molar-refractivity contribution in [3.8, 4) is 0 Å². The number of carbonyl (C=O) groups is 1. The molecule has 7 heteroatoms. The highest BCUT2D eigenvalue weighted by atomic mass is 32.1. The Morgan fingerprint density at radius 1 is 1.37 bits per heavy atom. The summed E-state index contributed by atoms with van der Waals surface area (Å²) in [5.74, 6) is -0.568. The first-order chi connectivity index (χ1) is 8.99. The van der Waals surface area contributed by atoms with Crippen molar-refractivity contribution in [2.75, 3.05) is 0 Å². The lowest BCUT2D eigenvalue weighted by Gasteiger charge is -2.06. The summed E-state index contributed by atoms with van der Waals surface area (Å²) in [5, 5.41) is 0.473. The maximum atomic E-state index is 12.2. The van der Waals surface area contributed by atoms with Crippen LogP contribution in [0.5, 0.6) is 0 Å². The molecule has 1 aromatic heterocycles. The van der Waals surface area contributed by atoms with Crippen molar-refractivity contribution in [2.24, 2.45) is 0 Å². The number of aromatic nitrogens is 1. The molecule has 2 rings (SSSR count). The quantitative estimate of drug-likeness (QED) is 0.363. The SMILES string of the molecule is Cc1ccc2[nH]cc(C(=O)NNC(=S)S)c(=O)c2c1. The standard InChI is InChI=1S/C12H11N3O2S2/c1-6-2-3-9-7(4-6)10(16)8(5-13-9)11(17)14-15-12(18)19/h2-5H,1H3,(H,13,16)(H,14,17)(H2,15,18,19). The third-order valence-corrected chi connectivity index (χ3v) is 2.78. The number of benzene rings is 1. The van der Waals surface area contributed by atoms with Gasteiger partial charge in [-0.05, 0) is 19.1 Å². The number of aryl methyl sites for hydroxylation is 1. The molecule has 0 spiro atoms. The zero-order valence-electron chi connectivity index (χ0n) is 9.98. The fourth-order valence-corrected chi connectivity index (χ4v) is 1.79. The lowest BCUT2D eigenvalue weighted by molar-refractivity contribution is 0.0943. The molecule has 1 heterocycles. The summed E-state index contributed by atoms with van der Waals surface area (Å²) >= 11 is 8.45. The van der Waals surface area contributed by atoms with Crippen LogP contribution in [0, 0.1) is 6.92 Å². The lowest BCUT2D eigenvalue weighted by atomic mass is 10.1. The molecule has 0 fully saturated rings. The van der Waals surface area contributed by atoms with Gasteiger partial charge in [-0.2, -0.15) is 0 Å². The molecule has 0 aliphatic carbocycles. The van der Waals surface area contributed by atoms with Crippen LogP contribution in [0.15, 0.2) is 29.2 Å². The minimum Gasteiger partial charge on any atom is -0.360 e. The predicted octanol–water partition coefficient (Wildman–Crippen LogP) is 1.29. The zero-order valence-corrected chi connectivity index (χ0v) is 11.7. The smallest absolute Gasteiger partial charge is 0.275 e. The van der Waals surface area contributed by atoms with Crippen molar-refractivity contribution in [1.82, 2.24) is 15.8 Å². The van der Waals surface area contributed by atoms with Gasteiger partial charge in [0.2, 0.25) is 5.43 Å². The van der Waals surface area contributed by atoms with Crippen LogP contribution in [0.3, 0.4) is 0 Å². The Labute approximate surface area is 119 Å². The largest absolute Gasteiger partial charge is 0.360 e. The molecule has 2 aromatic rings. The maximum absolute atomic E-state index is 12.2. The van der Waals surface area contributed by atoms with Crippen molar-refractivity contribution in [1.29, 1.82) is 0 Å². The van der Waals surface area contributed by atoms with E-state index in [1.807, 2.05) is 13.0 Å². The van der Waals surface area contributed by atoms with Gasteiger partial charge in [0.05, 0.1) is 0 Å². The van der Waals surface area contributed by atoms with E-state index in [1.165, 1.54) is 6.20 Å². The topological polar surface area (TPSA) is 74.0 Å². The second kappa shape index (κ2) is 5.41. The van der Waals surface area contributed by atoms with Crippen LogP contribution in [0.25, 0.3) is 10.9 Å². The molecule has 0 aliphatic heterocycles. The first-order valence-corrected chi connectivity index (χ1v) is 6.26. The van der Waals surface area contributed by atoms with Crippen LogP contribution >= 0.6 is 24.8 Å². The van der Waals surface area contributed by atoms with Crippen molar-refractivity contribution < 1.29 is 4.79 Å². The van der Waals surface area contributed by atoms with Crippen LogP contribution in [-0.2, 0) is 0 Å². The van der Waals surface area contributed by atoms with Crippen molar-refractivity contribution in [2.45, 2.75) is 6.92 Å². The molecular formula is C12H11N3O2S2. The molecule has 19 heavy (non-hydrogen) atoms. The van der Waals surface area contributed by atoms with Gasteiger partial charge in [-0.25, -0.2) is 0 Å². The lowest BCUT2D eigenvalue weighted by Crippen LogP contribution is -2.40. The normalized spacial score (nSPS) is 10.2. The van der Waals surface area contributed by atoms with Crippen molar-refractivity contribution >= 4 is 46.0 Å². The molecule has 98 valence electrons. The Morgan fingerprint density at radius 3 is 2.79 bits per heavy atom. The number of hydrazine groups is 1. The van der Waals surface area contributed by atoms with Gasteiger partial charge in [0.15, 0.2) is 0 Å². The van der Waals surface area contributed by atoms with Gasteiger partial charge in [-0.15, -0.1) is 12.6 Å². The highest BCUT2D eigenvalue weighted by molar-refractivity contribution is 8.11. The summed E-state index contributed by atoms with van der Waals surface area (Å²) in [5.41, 5.74) is 5.98. The number of hydrogen-bond donors (Lipinski definition) is 4. The molecule has 0 unspecified atom stereocenters. The van der Waals surface area contributed by atoms with Gasteiger partial charge >= 0.3 is 0 Å². The Morgan fingerprint density at radius 2 is 2.11 bits per heavy atom. The van der Waals surface area contributed by atoms with E-state index in [-0.39, 0.29) is 15.3 Å². The second-order valence-electron chi connectivity index (χ2n) is 3.96. The van der Waals surface area contributed by atoms with Crippen LogP contribution in [0.4, 0.5) is 0 Å². The molecule has 1 amide bonds. The average Bonchev–Trinajstić information content (AvgIpc) is 2.37. The number of carbonyl (C=O) groups excluding carboxylic acids is 1. The minimum absolute atomic E-state index is 0.00943. The fourth-order valence-electron chi connectivity index (χ4n) is 1.68. The number of thiol groups is 1. The molecule has 3 N–H and O–H groups in total. The van der Waals surface area contributed by atoms with Gasteiger partial charge < -0.3 is 4.98 Å². The van der Waals surface area contributed by atoms with E-state index >= 15 is 0 Å². The predicted molar refractivity (Wildman–Crippen MR) is 81.5 cm³/mol. The number of amides is 1. The molecule has 1 aromatic carbocycles. The molecule has 0 aliphatic rings. The summed E-state index contributed by atoms with van der Waals surface area (Å²) in [4.78, 5) is 26.9.